The maximum absolute atomic E-state index is 11.5. The molecule has 0 saturated heterocycles. The number of nitrogens with zero attached hydrogens (tertiary/aromatic N) is 1. The largest absolute Gasteiger partial charge is 0.398 e. The van der Waals surface area contributed by atoms with Gasteiger partial charge < -0.3 is 5.73 Å². The number of nitrogens with two attached hydrogens (primary N) is 1. The molecule has 0 aliphatic heterocycles. The number of thiazole rings is 1. The van der Waals surface area contributed by atoms with Gasteiger partial charge in [0.1, 0.15) is 0 Å². The summed E-state index contributed by atoms with van der Waals surface area (Å²) in [6, 6.07) is 5.42. The summed E-state index contributed by atoms with van der Waals surface area (Å²) in [5.74, 6) is 0. The van der Waals surface area contributed by atoms with Crippen molar-refractivity contribution >= 4 is 28.6 Å². The number of aromatic nitrogens is 1. The first-order valence-electron chi connectivity index (χ1n) is 4.77. The van der Waals surface area contributed by atoms with Gasteiger partial charge in [0.2, 0.25) is 0 Å². The normalized spacial score (nSPS) is 10.6. The van der Waals surface area contributed by atoms with E-state index >= 15 is 0 Å². The summed E-state index contributed by atoms with van der Waals surface area (Å²) in [6.07, 6.45) is 0. The van der Waals surface area contributed by atoms with Gasteiger partial charge in [-0.2, -0.15) is 0 Å². The van der Waals surface area contributed by atoms with Crippen molar-refractivity contribution in [2.24, 2.45) is 0 Å². The summed E-state index contributed by atoms with van der Waals surface area (Å²) in [5.41, 5.74) is 8.19. The van der Waals surface area contributed by atoms with Crippen LogP contribution >= 0.6 is 22.9 Å². The average molecular weight is 255 g/mol. The van der Waals surface area contributed by atoms with Gasteiger partial charge in [0.05, 0.1) is 17.3 Å². The van der Waals surface area contributed by atoms with Crippen LogP contribution in [0.5, 0.6) is 0 Å². The molecule has 0 unspecified atom stereocenters. The van der Waals surface area contributed by atoms with E-state index in [0.717, 1.165) is 11.3 Å². The molecule has 0 radical (unpaired) electrons. The molecular weight excluding hydrogens is 244 g/mol. The smallest absolute Gasteiger partial charge is 0.307 e. The van der Waals surface area contributed by atoms with E-state index in [1.165, 1.54) is 11.3 Å². The molecule has 2 rings (SSSR count). The molecule has 2 aromatic rings. The van der Waals surface area contributed by atoms with Gasteiger partial charge in [-0.15, -0.1) is 0 Å². The van der Waals surface area contributed by atoms with Gasteiger partial charge in [-0.25, -0.2) is 0 Å². The molecule has 1 aromatic carbocycles. The van der Waals surface area contributed by atoms with Crippen molar-refractivity contribution in [1.82, 2.24) is 4.57 Å². The third-order valence-corrected chi connectivity index (χ3v) is 3.60. The monoisotopic (exact) mass is 254 g/mol. The number of benzene rings is 1. The molecule has 1 aromatic heterocycles. The first kappa shape index (κ1) is 11.2. The van der Waals surface area contributed by atoms with Crippen LogP contribution in [0.4, 0.5) is 5.69 Å². The molecule has 3 nitrogen and oxygen atoms in total. The van der Waals surface area contributed by atoms with Crippen molar-refractivity contribution in [2.45, 2.75) is 13.5 Å². The topological polar surface area (TPSA) is 48.0 Å². The van der Waals surface area contributed by atoms with Crippen LogP contribution in [0, 0.1) is 6.92 Å². The molecule has 5 heteroatoms. The minimum Gasteiger partial charge on any atom is -0.398 e. The molecule has 16 heavy (non-hydrogen) atoms. The zero-order valence-electron chi connectivity index (χ0n) is 8.74. The first-order valence-corrected chi connectivity index (χ1v) is 6.02. The maximum Gasteiger partial charge on any atom is 0.307 e. The molecule has 1 heterocycles. The number of halogens is 1. The van der Waals surface area contributed by atoms with E-state index in [9.17, 15) is 4.79 Å². The molecule has 0 bridgehead atoms. The van der Waals surface area contributed by atoms with Gasteiger partial charge in [0, 0.05) is 11.1 Å². The maximum atomic E-state index is 11.5. The molecule has 2 N–H and O–H groups in total. The van der Waals surface area contributed by atoms with E-state index in [4.69, 9.17) is 17.3 Å². The lowest BCUT2D eigenvalue weighted by atomic mass is 10.2. The Morgan fingerprint density at radius 3 is 2.81 bits per heavy atom. The first-order chi connectivity index (χ1) is 7.58. The summed E-state index contributed by atoms with van der Waals surface area (Å²) >= 11 is 7.04. The summed E-state index contributed by atoms with van der Waals surface area (Å²) < 4.78 is 1.72. The van der Waals surface area contributed by atoms with Crippen molar-refractivity contribution in [1.29, 1.82) is 0 Å². The SMILES string of the molecule is Cc1csc(=O)n1Cc1ccc(Cl)c(N)c1. The molecule has 84 valence electrons. The van der Waals surface area contributed by atoms with Crippen LogP contribution in [0.1, 0.15) is 11.3 Å². The summed E-state index contributed by atoms with van der Waals surface area (Å²) in [7, 11) is 0. The van der Waals surface area contributed by atoms with Crippen LogP contribution in [0.25, 0.3) is 0 Å². The molecular formula is C11H11ClN2OS. The molecule has 0 aliphatic carbocycles. The third-order valence-electron chi connectivity index (χ3n) is 2.38. The molecule has 0 spiro atoms. The zero-order valence-corrected chi connectivity index (χ0v) is 10.3. The minimum absolute atomic E-state index is 0.0472. The number of hydrogen-bond acceptors (Lipinski definition) is 3. The highest BCUT2D eigenvalue weighted by molar-refractivity contribution is 7.07. The lowest BCUT2D eigenvalue weighted by Gasteiger charge is -2.06. The van der Waals surface area contributed by atoms with E-state index in [2.05, 4.69) is 0 Å². The van der Waals surface area contributed by atoms with Gasteiger partial charge in [0.25, 0.3) is 0 Å². The van der Waals surface area contributed by atoms with Crippen molar-refractivity contribution < 1.29 is 0 Å². The molecule has 0 fully saturated rings. The molecule has 0 atom stereocenters. The highest BCUT2D eigenvalue weighted by Crippen LogP contribution is 2.20. The Kier molecular flexibility index (Phi) is 3.03. The fraction of sp³-hybridized carbons (Fsp3) is 0.182. The second-order valence-electron chi connectivity index (χ2n) is 3.59. The predicted molar refractivity (Wildman–Crippen MR) is 68.3 cm³/mol. The van der Waals surface area contributed by atoms with Crippen molar-refractivity contribution in [3.63, 3.8) is 0 Å². The molecule has 0 amide bonds. The highest BCUT2D eigenvalue weighted by Gasteiger charge is 2.04. The molecule has 0 aliphatic rings. The van der Waals surface area contributed by atoms with E-state index < -0.39 is 0 Å². The van der Waals surface area contributed by atoms with Gasteiger partial charge >= 0.3 is 4.87 Å². The van der Waals surface area contributed by atoms with Crippen LogP contribution in [0.15, 0.2) is 28.4 Å². The number of rotatable bonds is 2. The van der Waals surface area contributed by atoms with Gasteiger partial charge in [-0.05, 0) is 24.6 Å². The lowest BCUT2D eigenvalue weighted by molar-refractivity contribution is 0.755. The number of anilines is 1. The summed E-state index contributed by atoms with van der Waals surface area (Å²) in [5, 5.41) is 2.39. The minimum atomic E-state index is 0.0472. The highest BCUT2D eigenvalue weighted by atomic mass is 35.5. The number of aryl methyl sites for hydroxylation is 1. The Balaban J connectivity index is 2.34. The Labute approximate surface area is 102 Å². The quantitative estimate of drug-likeness (QED) is 0.837. The summed E-state index contributed by atoms with van der Waals surface area (Å²) in [6.45, 7) is 2.45. The second kappa shape index (κ2) is 4.31. The van der Waals surface area contributed by atoms with Crippen LogP contribution < -0.4 is 10.6 Å². The van der Waals surface area contributed by atoms with Crippen molar-refractivity contribution in [3.8, 4) is 0 Å². The fourth-order valence-corrected chi connectivity index (χ4v) is 2.32. The molecule has 0 saturated carbocycles. The number of hydrogen-bond donors (Lipinski definition) is 1. The van der Waals surface area contributed by atoms with Crippen LogP contribution in [0.2, 0.25) is 5.02 Å². The van der Waals surface area contributed by atoms with Crippen LogP contribution in [-0.2, 0) is 6.54 Å². The Bertz CT molecular complexity index is 574. The van der Waals surface area contributed by atoms with Gasteiger partial charge in [-0.1, -0.05) is 29.0 Å². The fourth-order valence-electron chi connectivity index (χ4n) is 1.47. The Morgan fingerprint density at radius 1 is 1.50 bits per heavy atom. The number of nitrogen functional groups attached to an aromatic ring is 1. The van der Waals surface area contributed by atoms with Crippen LogP contribution in [0.3, 0.4) is 0 Å². The summed E-state index contributed by atoms with van der Waals surface area (Å²) in [4.78, 5) is 11.6. The standard InChI is InChI=1S/C11H11ClN2OS/c1-7-6-16-11(15)14(7)5-8-2-3-9(12)10(13)4-8/h2-4,6H,5,13H2,1H3. The van der Waals surface area contributed by atoms with Crippen molar-refractivity contribution in [2.75, 3.05) is 5.73 Å². The lowest BCUT2D eigenvalue weighted by Crippen LogP contribution is -2.15. The zero-order chi connectivity index (χ0) is 11.7. The van der Waals surface area contributed by atoms with Crippen LogP contribution in [-0.4, -0.2) is 4.57 Å². The van der Waals surface area contributed by atoms with Crippen molar-refractivity contribution in [3.05, 3.63) is 49.5 Å². The van der Waals surface area contributed by atoms with Gasteiger partial charge in [-0.3, -0.25) is 9.36 Å². The Hall–Kier alpha value is -1.26. The third kappa shape index (κ3) is 2.13. The van der Waals surface area contributed by atoms with E-state index in [-0.39, 0.29) is 4.87 Å². The van der Waals surface area contributed by atoms with E-state index in [1.54, 1.807) is 16.7 Å². The second-order valence-corrected chi connectivity index (χ2v) is 4.81. The van der Waals surface area contributed by atoms with Gasteiger partial charge in [0.15, 0.2) is 0 Å². The average Bonchev–Trinajstić information content (AvgIpc) is 2.55. The van der Waals surface area contributed by atoms with E-state index in [1.807, 2.05) is 18.4 Å². The Morgan fingerprint density at radius 2 is 2.25 bits per heavy atom. The van der Waals surface area contributed by atoms with E-state index in [0.29, 0.717) is 17.3 Å². The predicted octanol–water partition coefficient (Wildman–Crippen LogP) is 2.50.